The van der Waals surface area contributed by atoms with Gasteiger partial charge in [0.05, 0.1) is 11.2 Å². The van der Waals surface area contributed by atoms with Crippen molar-refractivity contribution in [3.05, 3.63) is 16.1 Å². The first-order valence-electron chi connectivity index (χ1n) is 5.44. The Morgan fingerprint density at radius 3 is 2.88 bits per heavy atom. The van der Waals surface area contributed by atoms with E-state index in [2.05, 4.69) is 23.7 Å². The van der Waals surface area contributed by atoms with Gasteiger partial charge in [-0.2, -0.15) is 0 Å². The molecule has 2 N–H and O–H groups in total. The highest BCUT2D eigenvalue weighted by molar-refractivity contribution is 7.09. The lowest BCUT2D eigenvalue weighted by Crippen LogP contribution is -2.31. The number of nitrogens with two attached hydrogens (primary N) is 1. The molecule has 0 amide bonds. The molecule has 1 aliphatic heterocycles. The molecule has 5 heteroatoms. The molecule has 1 aromatic heterocycles. The Hall–Kier alpha value is -0.160. The number of nitrogens with zero attached hydrogens (tertiary/aromatic N) is 2. The predicted molar refractivity (Wildman–Crippen MR) is 71.2 cm³/mol. The molecular weight excluding hydrogens is 242 g/mol. The Morgan fingerprint density at radius 2 is 2.38 bits per heavy atom. The van der Waals surface area contributed by atoms with Gasteiger partial charge >= 0.3 is 0 Å². The minimum Gasteiger partial charge on any atom is -0.330 e. The third kappa shape index (κ3) is 2.94. The highest BCUT2D eigenvalue weighted by Gasteiger charge is 2.32. The monoisotopic (exact) mass is 261 g/mol. The van der Waals surface area contributed by atoms with Crippen LogP contribution in [0.25, 0.3) is 0 Å². The number of halogens is 1. The Kier molecular flexibility index (Phi) is 4.73. The van der Waals surface area contributed by atoms with Crippen LogP contribution in [-0.2, 0) is 6.54 Å². The van der Waals surface area contributed by atoms with Gasteiger partial charge in [0, 0.05) is 18.0 Å². The average Bonchev–Trinajstić information content (AvgIpc) is 2.77. The second-order valence-corrected chi connectivity index (χ2v) is 5.78. The number of rotatable bonds is 3. The molecule has 1 aromatic rings. The fraction of sp³-hybridized carbons (Fsp3) is 0.727. The van der Waals surface area contributed by atoms with Gasteiger partial charge in [0.15, 0.2) is 0 Å². The molecule has 0 bridgehead atoms. The normalized spacial score (nSPS) is 25.7. The average molecular weight is 262 g/mol. The molecule has 0 radical (unpaired) electrons. The largest absolute Gasteiger partial charge is 0.330 e. The van der Waals surface area contributed by atoms with Gasteiger partial charge in [-0.15, -0.1) is 23.7 Å². The summed E-state index contributed by atoms with van der Waals surface area (Å²) < 4.78 is 0. The molecule has 1 saturated heterocycles. The lowest BCUT2D eigenvalue weighted by Gasteiger charge is -2.22. The molecule has 1 fully saturated rings. The molecule has 16 heavy (non-hydrogen) atoms. The minimum absolute atomic E-state index is 0. The van der Waals surface area contributed by atoms with Crippen molar-refractivity contribution in [2.45, 2.75) is 26.8 Å². The van der Waals surface area contributed by atoms with Crippen molar-refractivity contribution in [3.63, 3.8) is 0 Å². The zero-order valence-corrected chi connectivity index (χ0v) is 11.5. The van der Waals surface area contributed by atoms with Gasteiger partial charge in [0.25, 0.3) is 0 Å². The first-order chi connectivity index (χ1) is 7.13. The molecule has 1 aliphatic rings. The SMILES string of the molecule is Cc1ncsc1CN1CCC(C)(CN)C1.Cl. The van der Waals surface area contributed by atoms with E-state index >= 15 is 0 Å². The fourth-order valence-corrected chi connectivity index (χ4v) is 2.93. The number of aromatic nitrogens is 1. The number of hydrogen-bond donors (Lipinski definition) is 1. The van der Waals surface area contributed by atoms with Crippen LogP contribution < -0.4 is 5.73 Å². The number of likely N-dealkylation sites (tertiary alicyclic amines) is 1. The summed E-state index contributed by atoms with van der Waals surface area (Å²) in [5.41, 5.74) is 9.24. The Bertz CT molecular complexity index is 342. The lowest BCUT2D eigenvalue weighted by atomic mass is 9.90. The number of thiazole rings is 1. The molecule has 2 heterocycles. The van der Waals surface area contributed by atoms with Crippen LogP contribution in [0, 0.1) is 12.3 Å². The molecule has 1 atom stereocenters. The molecule has 0 aromatic carbocycles. The summed E-state index contributed by atoms with van der Waals surface area (Å²) in [6.45, 7) is 8.51. The van der Waals surface area contributed by atoms with Crippen molar-refractivity contribution in [2.75, 3.05) is 19.6 Å². The standard InChI is InChI=1S/C11H19N3S.ClH/c1-9-10(15-8-13-9)5-14-4-3-11(2,6-12)7-14;/h8H,3-7,12H2,1-2H3;1H. The van der Waals surface area contributed by atoms with Crippen LogP contribution in [0.15, 0.2) is 5.51 Å². The maximum Gasteiger partial charge on any atom is 0.0798 e. The van der Waals surface area contributed by atoms with Crippen molar-refractivity contribution >= 4 is 23.7 Å². The second-order valence-electron chi connectivity index (χ2n) is 4.84. The maximum absolute atomic E-state index is 5.80. The Balaban J connectivity index is 0.00000128. The van der Waals surface area contributed by atoms with Crippen LogP contribution in [0.1, 0.15) is 23.9 Å². The van der Waals surface area contributed by atoms with Gasteiger partial charge in [-0.1, -0.05) is 6.92 Å². The minimum atomic E-state index is 0. The summed E-state index contributed by atoms with van der Waals surface area (Å²) >= 11 is 1.76. The zero-order chi connectivity index (χ0) is 10.9. The van der Waals surface area contributed by atoms with Crippen molar-refractivity contribution in [3.8, 4) is 0 Å². The van der Waals surface area contributed by atoms with E-state index in [0.29, 0.717) is 5.41 Å². The maximum atomic E-state index is 5.80. The van der Waals surface area contributed by atoms with Crippen LogP contribution in [0.3, 0.4) is 0 Å². The fourth-order valence-electron chi connectivity index (χ4n) is 2.11. The Morgan fingerprint density at radius 1 is 1.62 bits per heavy atom. The van der Waals surface area contributed by atoms with Gasteiger partial charge in [0.1, 0.15) is 0 Å². The van der Waals surface area contributed by atoms with E-state index in [1.165, 1.54) is 23.5 Å². The molecular formula is C11H20ClN3S. The van der Waals surface area contributed by atoms with E-state index in [1.54, 1.807) is 11.3 Å². The van der Waals surface area contributed by atoms with E-state index < -0.39 is 0 Å². The number of hydrogen-bond acceptors (Lipinski definition) is 4. The first-order valence-corrected chi connectivity index (χ1v) is 6.32. The van der Waals surface area contributed by atoms with Crippen molar-refractivity contribution in [1.29, 1.82) is 0 Å². The summed E-state index contributed by atoms with van der Waals surface area (Å²) in [5.74, 6) is 0. The van der Waals surface area contributed by atoms with Crippen LogP contribution in [0.5, 0.6) is 0 Å². The van der Waals surface area contributed by atoms with Gasteiger partial charge in [-0.05, 0) is 31.8 Å². The zero-order valence-electron chi connectivity index (χ0n) is 9.90. The van der Waals surface area contributed by atoms with Crippen LogP contribution in [0.4, 0.5) is 0 Å². The molecule has 0 saturated carbocycles. The van der Waals surface area contributed by atoms with E-state index in [9.17, 15) is 0 Å². The molecule has 92 valence electrons. The van der Waals surface area contributed by atoms with E-state index in [0.717, 1.165) is 19.6 Å². The van der Waals surface area contributed by atoms with Gasteiger partial charge in [-0.3, -0.25) is 4.90 Å². The highest BCUT2D eigenvalue weighted by atomic mass is 35.5. The summed E-state index contributed by atoms with van der Waals surface area (Å²) in [6, 6.07) is 0. The highest BCUT2D eigenvalue weighted by Crippen LogP contribution is 2.30. The smallest absolute Gasteiger partial charge is 0.0798 e. The summed E-state index contributed by atoms with van der Waals surface area (Å²) in [4.78, 5) is 8.18. The van der Waals surface area contributed by atoms with Crippen LogP contribution in [0.2, 0.25) is 0 Å². The topological polar surface area (TPSA) is 42.2 Å². The Labute approximate surface area is 107 Å². The lowest BCUT2D eigenvalue weighted by molar-refractivity contribution is 0.276. The first kappa shape index (κ1) is 13.9. The third-order valence-corrected chi connectivity index (χ3v) is 4.26. The van der Waals surface area contributed by atoms with Gasteiger partial charge in [-0.25, -0.2) is 4.98 Å². The molecule has 0 aliphatic carbocycles. The van der Waals surface area contributed by atoms with Crippen molar-refractivity contribution in [2.24, 2.45) is 11.1 Å². The van der Waals surface area contributed by atoms with Crippen LogP contribution in [-0.4, -0.2) is 29.5 Å². The second kappa shape index (κ2) is 5.45. The number of aryl methyl sites for hydroxylation is 1. The summed E-state index contributed by atoms with van der Waals surface area (Å²) in [6.07, 6.45) is 1.22. The van der Waals surface area contributed by atoms with E-state index in [4.69, 9.17) is 5.73 Å². The molecule has 0 spiro atoms. The molecule has 2 rings (SSSR count). The van der Waals surface area contributed by atoms with Crippen molar-refractivity contribution < 1.29 is 0 Å². The third-order valence-electron chi connectivity index (χ3n) is 3.34. The van der Waals surface area contributed by atoms with E-state index in [1.807, 2.05) is 5.51 Å². The van der Waals surface area contributed by atoms with Gasteiger partial charge < -0.3 is 5.73 Å². The summed E-state index contributed by atoms with van der Waals surface area (Å²) in [7, 11) is 0. The molecule has 1 unspecified atom stereocenters. The van der Waals surface area contributed by atoms with Crippen LogP contribution >= 0.6 is 23.7 Å². The van der Waals surface area contributed by atoms with Crippen molar-refractivity contribution in [1.82, 2.24) is 9.88 Å². The molecule has 3 nitrogen and oxygen atoms in total. The quantitative estimate of drug-likeness (QED) is 0.906. The van der Waals surface area contributed by atoms with Gasteiger partial charge in [0.2, 0.25) is 0 Å². The van der Waals surface area contributed by atoms with E-state index in [-0.39, 0.29) is 12.4 Å². The predicted octanol–water partition coefficient (Wildman–Crippen LogP) is 2.04. The summed E-state index contributed by atoms with van der Waals surface area (Å²) in [5, 5.41) is 0.